The first-order valence-electron chi connectivity index (χ1n) is 8.86. The van der Waals surface area contributed by atoms with Gasteiger partial charge in [0.25, 0.3) is 11.8 Å². The lowest BCUT2D eigenvalue weighted by molar-refractivity contribution is -0.119. The zero-order valence-corrected chi connectivity index (χ0v) is 17.1. The van der Waals surface area contributed by atoms with Crippen LogP contribution >= 0.6 is 23.2 Å². The van der Waals surface area contributed by atoms with Gasteiger partial charge in [0, 0.05) is 18.3 Å². The molecule has 1 aromatic heterocycles. The van der Waals surface area contributed by atoms with Crippen LogP contribution in [-0.4, -0.2) is 29.8 Å². The number of amides is 4. The number of benzene rings is 2. The van der Waals surface area contributed by atoms with E-state index in [4.69, 9.17) is 27.6 Å². The summed E-state index contributed by atoms with van der Waals surface area (Å²) in [7, 11) is 1.52. The van der Waals surface area contributed by atoms with Crippen LogP contribution in [0.15, 0.2) is 65.5 Å². The molecule has 9 heteroatoms. The van der Waals surface area contributed by atoms with Crippen LogP contribution in [0.4, 0.5) is 16.2 Å². The van der Waals surface area contributed by atoms with E-state index < -0.39 is 18.0 Å². The minimum atomic E-state index is -0.909. The number of imide groups is 1. The van der Waals surface area contributed by atoms with Crippen molar-refractivity contribution in [1.29, 1.82) is 0 Å². The fourth-order valence-electron chi connectivity index (χ4n) is 3.28. The maximum atomic E-state index is 13.2. The Bertz CT molecular complexity index is 1150. The molecular weight excluding hydrogens is 429 g/mol. The Hall–Kier alpha value is -3.29. The van der Waals surface area contributed by atoms with Crippen LogP contribution in [-0.2, 0) is 4.79 Å². The molecule has 7 nitrogen and oxygen atoms in total. The molecule has 0 bridgehead atoms. The second-order valence-electron chi connectivity index (χ2n) is 6.63. The lowest BCUT2D eigenvalue weighted by atomic mass is 10.1. The number of anilines is 2. The highest BCUT2D eigenvalue weighted by Gasteiger charge is 2.45. The fraction of sp³-hybridized carbons (Fsp3) is 0.0952. The Balaban J connectivity index is 1.64. The van der Waals surface area contributed by atoms with Gasteiger partial charge in [0.05, 0.1) is 27.6 Å². The van der Waals surface area contributed by atoms with Crippen LogP contribution in [0, 0.1) is 0 Å². The number of halogens is 2. The van der Waals surface area contributed by atoms with Crippen LogP contribution in [0.2, 0.25) is 10.0 Å². The summed E-state index contributed by atoms with van der Waals surface area (Å²) in [5.74, 6) is -0.842. The summed E-state index contributed by atoms with van der Waals surface area (Å²) in [4.78, 5) is 40.6. The van der Waals surface area contributed by atoms with Gasteiger partial charge >= 0.3 is 6.03 Å². The van der Waals surface area contributed by atoms with Crippen molar-refractivity contribution < 1.29 is 18.8 Å². The third kappa shape index (κ3) is 3.42. The van der Waals surface area contributed by atoms with Crippen molar-refractivity contribution in [3.05, 3.63) is 82.2 Å². The lowest BCUT2D eigenvalue weighted by Gasteiger charge is -2.17. The molecule has 1 aliphatic rings. The van der Waals surface area contributed by atoms with Gasteiger partial charge in [-0.25, -0.2) is 9.69 Å². The molecule has 1 unspecified atom stereocenters. The van der Waals surface area contributed by atoms with Gasteiger partial charge in [-0.2, -0.15) is 0 Å². The number of nitrogens with zero attached hydrogens (tertiary/aromatic N) is 2. The quantitative estimate of drug-likeness (QED) is 0.576. The van der Waals surface area contributed by atoms with Crippen LogP contribution in [0.25, 0.3) is 0 Å². The van der Waals surface area contributed by atoms with Gasteiger partial charge in [-0.3, -0.25) is 9.59 Å². The van der Waals surface area contributed by atoms with E-state index in [-0.39, 0.29) is 10.9 Å². The molecule has 0 spiro atoms. The summed E-state index contributed by atoms with van der Waals surface area (Å²) in [6, 6.07) is 11.5. The summed E-state index contributed by atoms with van der Waals surface area (Å²) in [5, 5.41) is 3.23. The molecule has 2 heterocycles. The van der Waals surface area contributed by atoms with Gasteiger partial charge in [0.2, 0.25) is 0 Å². The minimum Gasteiger partial charge on any atom is -0.472 e. The first kappa shape index (κ1) is 20.0. The molecule has 2 aromatic carbocycles. The number of carbonyl (C=O) groups is 3. The Morgan fingerprint density at radius 3 is 2.60 bits per heavy atom. The maximum absolute atomic E-state index is 13.2. The largest absolute Gasteiger partial charge is 0.472 e. The molecule has 1 fully saturated rings. The smallest absolute Gasteiger partial charge is 0.332 e. The summed E-state index contributed by atoms with van der Waals surface area (Å²) in [6.07, 6.45) is 2.71. The summed E-state index contributed by atoms with van der Waals surface area (Å²) in [6.45, 7) is 0. The molecule has 0 aliphatic carbocycles. The fourth-order valence-corrected chi connectivity index (χ4v) is 3.69. The Morgan fingerprint density at radius 2 is 1.87 bits per heavy atom. The number of hydrogen-bond acceptors (Lipinski definition) is 4. The molecule has 4 amide bonds. The molecule has 3 aromatic rings. The SMILES string of the molecule is CN1C(=O)N(c2cccc(NC(=O)c3ccoc3)c2)C(=O)C1c1cccc(Cl)c1Cl. The van der Waals surface area contributed by atoms with Gasteiger partial charge in [0.15, 0.2) is 0 Å². The summed E-state index contributed by atoms with van der Waals surface area (Å²) in [5.41, 5.74) is 1.54. The standard InChI is InChI=1S/C21H15Cl2N3O4/c1-25-18(15-6-3-7-16(22)17(15)23)20(28)26(21(25)29)14-5-2-4-13(10-14)24-19(27)12-8-9-30-11-12/h2-11,18H,1H3,(H,24,27). The monoisotopic (exact) mass is 443 g/mol. The van der Waals surface area contributed by atoms with Gasteiger partial charge < -0.3 is 14.6 Å². The van der Waals surface area contributed by atoms with E-state index in [9.17, 15) is 14.4 Å². The number of furan rings is 1. The van der Waals surface area contributed by atoms with Crippen LogP contribution in [0.3, 0.4) is 0 Å². The summed E-state index contributed by atoms with van der Waals surface area (Å²) < 4.78 is 4.91. The van der Waals surface area contributed by atoms with Crippen molar-refractivity contribution in [2.75, 3.05) is 17.3 Å². The second kappa shape index (κ2) is 7.85. The first-order chi connectivity index (χ1) is 14.4. The molecule has 0 saturated carbocycles. The van der Waals surface area contributed by atoms with E-state index in [2.05, 4.69) is 5.32 Å². The number of nitrogens with one attached hydrogen (secondary N) is 1. The predicted octanol–water partition coefficient (Wildman–Crippen LogP) is 4.98. The predicted molar refractivity (Wildman–Crippen MR) is 113 cm³/mol. The topological polar surface area (TPSA) is 82.9 Å². The van der Waals surface area contributed by atoms with Crippen molar-refractivity contribution in [2.24, 2.45) is 0 Å². The molecule has 0 radical (unpaired) electrons. The lowest BCUT2D eigenvalue weighted by Crippen LogP contribution is -2.31. The molecule has 30 heavy (non-hydrogen) atoms. The average molecular weight is 444 g/mol. The highest BCUT2D eigenvalue weighted by molar-refractivity contribution is 6.42. The average Bonchev–Trinajstić information content (AvgIpc) is 3.33. The van der Waals surface area contributed by atoms with E-state index in [0.717, 1.165) is 4.90 Å². The molecule has 152 valence electrons. The van der Waals surface area contributed by atoms with Crippen LogP contribution < -0.4 is 10.2 Å². The van der Waals surface area contributed by atoms with E-state index >= 15 is 0 Å². The number of hydrogen-bond donors (Lipinski definition) is 1. The number of urea groups is 1. The van der Waals surface area contributed by atoms with Crippen molar-refractivity contribution in [3.63, 3.8) is 0 Å². The Labute approximate surface area is 181 Å². The highest BCUT2D eigenvalue weighted by atomic mass is 35.5. The molecular formula is C21H15Cl2N3O4. The van der Waals surface area contributed by atoms with Gasteiger partial charge in [-0.15, -0.1) is 0 Å². The normalized spacial score (nSPS) is 16.3. The van der Waals surface area contributed by atoms with E-state index in [1.54, 1.807) is 42.5 Å². The molecule has 1 saturated heterocycles. The van der Waals surface area contributed by atoms with Crippen molar-refractivity contribution in [2.45, 2.75) is 6.04 Å². The zero-order chi connectivity index (χ0) is 21.4. The van der Waals surface area contributed by atoms with E-state index in [1.165, 1.54) is 30.5 Å². The minimum absolute atomic E-state index is 0.222. The highest BCUT2D eigenvalue weighted by Crippen LogP contribution is 2.38. The van der Waals surface area contributed by atoms with E-state index in [1.807, 2.05) is 0 Å². The Kier molecular flexibility index (Phi) is 5.24. The number of rotatable bonds is 4. The Morgan fingerprint density at radius 1 is 1.10 bits per heavy atom. The summed E-state index contributed by atoms with van der Waals surface area (Å²) >= 11 is 12.4. The third-order valence-corrected chi connectivity index (χ3v) is 5.59. The maximum Gasteiger partial charge on any atom is 0.332 e. The van der Waals surface area contributed by atoms with Gasteiger partial charge in [0.1, 0.15) is 12.3 Å². The number of likely N-dealkylation sites (N-methyl/N-ethyl adjacent to an activating group) is 1. The van der Waals surface area contributed by atoms with Gasteiger partial charge in [-0.1, -0.05) is 41.4 Å². The zero-order valence-electron chi connectivity index (χ0n) is 15.6. The van der Waals surface area contributed by atoms with E-state index in [0.29, 0.717) is 27.5 Å². The number of carbonyl (C=O) groups excluding carboxylic acids is 3. The second-order valence-corrected chi connectivity index (χ2v) is 7.41. The molecule has 1 N–H and O–H groups in total. The molecule has 1 atom stereocenters. The van der Waals surface area contributed by atoms with Crippen molar-refractivity contribution in [1.82, 2.24) is 4.90 Å². The van der Waals surface area contributed by atoms with Gasteiger partial charge in [-0.05, 0) is 30.3 Å². The first-order valence-corrected chi connectivity index (χ1v) is 9.62. The third-order valence-electron chi connectivity index (χ3n) is 4.76. The van der Waals surface area contributed by atoms with Crippen LogP contribution in [0.5, 0.6) is 0 Å². The van der Waals surface area contributed by atoms with Crippen molar-refractivity contribution in [3.8, 4) is 0 Å². The molecule has 1 aliphatic heterocycles. The van der Waals surface area contributed by atoms with Crippen LogP contribution in [0.1, 0.15) is 22.0 Å². The molecule has 4 rings (SSSR count). The van der Waals surface area contributed by atoms with Crippen molar-refractivity contribution >= 4 is 52.4 Å².